The Bertz CT molecular complexity index is 1140. The summed E-state index contributed by atoms with van der Waals surface area (Å²) in [5, 5.41) is 16.1. The Morgan fingerprint density at radius 1 is 0.871 bits per heavy atom. The van der Waals surface area contributed by atoms with Gasteiger partial charge in [0.15, 0.2) is 5.82 Å². The highest BCUT2D eigenvalue weighted by Gasteiger charge is 2.14. The van der Waals surface area contributed by atoms with Crippen LogP contribution in [-0.4, -0.2) is 35.0 Å². The Morgan fingerprint density at radius 3 is 2.19 bits per heavy atom. The Kier molecular flexibility index (Phi) is 6.89. The van der Waals surface area contributed by atoms with Gasteiger partial charge in [-0.2, -0.15) is 9.90 Å². The SMILES string of the molecule is CC(C)c1cccc(-c2ncn(C)n2)c1F.CC(C)c1cccc(-c2nnn(C)n2)c1. The number of nitrogens with zero attached hydrogens (tertiary/aromatic N) is 7. The maximum absolute atomic E-state index is 14.1. The topological polar surface area (TPSA) is 74.3 Å². The number of aryl methyl sites for hydroxylation is 2. The van der Waals surface area contributed by atoms with E-state index in [2.05, 4.69) is 51.5 Å². The normalized spacial score (nSPS) is 11.0. The first-order chi connectivity index (χ1) is 14.8. The zero-order chi connectivity index (χ0) is 22.5. The molecule has 0 radical (unpaired) electrons. The second-order valence-electron chi connectivity index (χ2n) is 7.99. The lowest BCUT2D eigenvalue weighted by atomic mass is 9.99. The molecule has 0 spiro atoms. The van der Waals surface area contributed by atoms with E-state index in [-0.39, 0.29) is 11.7 Å². The van der Waals surface area contributed by atoms with Crippen molar-refractivity contribution in [1.82, 2.24) is 35.0 Å². The molecule has 2 heterocycles. The zero-order valence-electron chi connectivity index (χ0n) is 18.8. The number of tetrazole rings is 1. The molecule has 2 aromatic heterocycles. The Balaban J connectivity index is 0.000000176. The standard InChI is InChI=1S/C12H14FN3.C11H14N4/c1-8(2)9-5-4-6-10(11(9)13)12-14-7-16(3)15-12;1-8(2)9-5-4-6-10(7-9)11-12-14-15(3)13-11/h4-8H,1-3H3;4-8H,1-3H3. The van der Waals surface area contributed by atoms with Crippen molar-refractivity contribution >= 4 is 0 Å². The molecule has 4 aromatic rings. The van der Waals surface area contributed by atoms with Gasteiger partial charge in [-0.15, -0.1) is 10.2 Å². The molecular weight excluding hydrogens is 393 g/mol. The third-order valence-corrected chi connectivity index (χ3v) is 4.81. The first kappa shape index (κ1) is 22.3. The van der Waals surface area contributed by atoms with Crippen LogP contribution >= 0.6 is 0 Å². The summed E-state index contributed by atoms with van der Waals surface area (Å²) >= 11 is 0. The van der Waals surface area contributed by atoms with Gasteiger partial charge in [0.25, 0.3) is 0 Å². The largest absolute Gasteiger partial charge is 0.255 e. The lowest BCUT2D eigenvalue weighted by Gasteiger charge is -2.08. The van der Waals surface area contributed by atoms with Gasteiger partial charge in [-0.25, -0.2) is 9.37 Å². The van der Waals surface area contributed by atoms with Crippen LogP contribution in [0.5, 0.6) is 0 Å². The van der Waals surface area contributed by atoms with Gasteiger partial charge in [0, 0.05) is 12.6 Å². The molecule has 0 amide bonds. The van der Waals surface area contributed by atoms with Crippen LogP contribution in [-0.2, 0) is 14.1 Å². The van der Waals surface area contributed by atoms with Gasteiger partial charge in [0.2, 0.25) is 5.82 Å². The number of halogens is 1. The monoisotopic (exact) mass is 421 g/mol. The Morgan fingerprint density at radius 2 is 1.61 bits per heavy atom. The smallest absolute Gasteiger partial charge is 0.204 e. The number of rotatable bonds is 4. The summed E-state index contributed by atoms with van der Waals surface area (Å²) in [7, 11) is 3.53. The van der Waals surface area contributed by atoms with Crippen LogP contribution in [0.15, 0.2) is 48.8 Å². The molecular formula is C23H28FN7. The van der Waals surface area contributed by atoms with Crippen LogP contribution in [0.4, 0.5) is 4.39 Å². The van der Waals surface area contributed by atoms with E-state index in [9.17, 15) is 4.39 Å². The molecule has 0 aliphatic carbocycles. The molecule has 0 bridgehead atoms. The van der Waals surface area contributed by atoms with Crippen molar-refractivity contribution in [3.05, 3.63) is 65.7 Å². The average molecular weight is 422 g/mol. The zero-order valence-corrected chi connectivity index (χ0v) is 18.8. The number of aromatic nitrogens is 7. The molecule has 8 heteroatoms. The summed E-state index contributed by atoms with van der Waals surface area (Å²) in [4.78, 5) is 5.53. The third-order valence-electron chi connectivity index (χ3n) is 4.81. The minimum Gasteiger partial charge on any atom is -0.255 e. The molecule has 2 aromatic carbocycles. The van der Waals surface area contributed by atoms with Gasteiger partial charge in [0.1, 0.15) is 12.1 Å². The van der Waals surface area contributed by atoms with Gasteiger partial charge >= 0.3 is 0 Å². The quantitative estimate of drug-likeness (QED) is 0.476. The van der Waals surface area contributed by atoms with Crippen molar-refractivity contribution in [2.24, 2.45) is 14.1 Å². The van der Waals surface area contributed by atoms with Crippen LogP contribution < -0.4 is 0 Å². The molecule has 0 unspecified atom stereocenters. The second kappa shape index (κ2) is 9.59. The van der Waals surface area contributed by atoms with Gasteiger partial charge in [-0.05, 0) is 40.3 Å². The van der Waals surface area contributed by atoms with Crippen molar-refractivity contribution in [1.29, 1.82) is 0 Å². The van der Waals surface area contributed by atoms with E-state index >= 15 is 0 Å². The van der Waals surface area contributed by atoms with Crippen LogP contribution in [0.1, 0.15) is 50.7 Å². The highest BCUT2D eigenvalue weighted by molar-refractivity contribution is 5.57. The maximum atomic E-state index is 14.1. The second-order valence-corrected chi connectivity index (χ2v) is 7.99. The van der Waals surface area contributed by atoms with E-state index in [1.54, 1.807) is 37.2 Å². The predicted octanol–water partition coefficient (Wildman–Crippen LogP) is 4.75. The summed E-state index contributed by atoms with van der Waals surface area (Å²) in [6.07, 6.45) is 1.57. The molecule has 7 nitrogen and oxygen atoms in total. The lowest BCUT2D eigenvalue weighted by Crippen LogP contribution is -1.97. The van der Waals surface area contributed by atoms with Crippen molar-refractivity contribution in [3.63, 3.8) is 0 Å². The van der Waals surface area contributed by atoms with Crippen LogP contribution in [0, 0.1) is 5.82 Å². The number of hydrogen-bond acceptors (Lipinski definition) is 5. The van der Waals surface area contributed by atoms with Crippen molar-refractivity contribution in [3.8, 4) is 22.8 Å². The average Bonchev–Trinajstić information content (AvgIpc) is 3.37. The molecule has 0 atom stereocenters. The highest BCUT2D eigenvalue weighted by atomic mass is 19.1. The van der Waals surface area contributed by atoms with Crippen LogP contribution in [0.2, 0.25) is 0 Å². The van der Waals surface area contributed by atoms with E-state index in [0.29, 0.717) is 28.7 Å². The van der Waals surface area contributed by atoms with Crippen LogP contribution in [0.3, 0.4) is 0 Å². The fraction of sp³-hybridized carbons (Fsp3) is 0.348. The van der Waals surface area contributed by atoms with Gasteiger partial charge in [-0.1, -0.05) is 58.0 Å². The molecule has 162 valence electrons. The fourth-order valence-electron chi connectivity index (χ4n) is 3.07. The fourth-order valence-corrected chi connectivity index (χ4v) is 3.07. The highest BCUT2D eigenvalue weighted by Crippen LogP contribution is 2.26. The molecule has 0 aliphatic heterocycles. The third kappa shape index (κ3) is 5.39. The van der Waals surface area contributed by atoms with Crippen molar-refractivity contribution < 1.29 is 4.39 Å². The predicted molar refractivity (Wildman–Crippen MR) is 119 cm³/mol. The Labute approximate surface area is 182 Å². The number of benzene rings is 2. The summed E-state index contributed by atoms with van der Waals surface area (Å²) < 4.78 is 15.7. The summed E-state index contributed by atoms with van der Waals surface area (Å²) in [5.74, 6) is 1.57. The van der Waals surface area contributed by atoms with Gasteiger partial charge in [0.05, 0.1) is 12.6 Å². The van der Waals surface area contributed by atoms with E-state index in [0.717, 1.165) is 5.56 Å². The first-order valence-corrected chi connectivity index (χ1v) is 10.2. The number of hydrogen-bond donors (Lipinski definition) is 0. The van der Waals surface area contributed by atoms with E-state index in [4.69, 9.17) is 0 Å². The minimum atomic E-state index is -0.219. The van der Waals surface area contributed by atoms with Gasteiger partial charge in [-0.3, -0.25) is 4.68 Å². The minimum absolute atomic E-state index is 0.156. The van der Waals surface area contributed by atoms with E-state index in [1.807, 2.05) is 32.0 Å². The van der Waals surface area contributed by atoms with Crippen molar-refractivity contribution in [2.45, 2.75) is 39.5 Å². The van der Waals surface area contributed by atoms with Crippen molar-refractivity contribution in [2.75, 3.05) is 0 Å². The van der Waals surface area contributed by atoms with E-state index in [1.165, 1.54) is 10.4 Å². The summed E-state index contributed by atoms with van der Waals surface area (Å²) in [6, 6.07) is 13.6. The lowest BCUT2D eigenvalue weighted by molar-refractivity contribution is 0.600. The molecule has 31 heavy (non-hydrogen) atoms. The molecule has 0 N–H and O–H groups in total. The van der Waals surface area contributed by atoms with E-state index < -0.39 is 0 Å². The summed E-state index contributed by atoms with van der Waals surface area (Å²) in [6.45, 7) is 8.27. The summed E-state index contributed by atoms with van der Waals surface area (Å²) in [5.41, 5.74) is 3.48. The molecule has 0 aliphatic rings. The van der Waals surface area contributed by atoms with Crippen LogP contribution in [0.25, 0.3) is 22.8 Å². The Hall–Kier alpha value is -3.42. The maximum Gasteiger partial charge on any atom is 0.204 e. The molecule has 0 saturated carbocycles. The first-order valence-electron chi connectivity index (χ1n) is 10.2. The molecule has 4 rings (SSSR count). The molecule has 0 fully saturated rings. The molecule has 0 saturated heterocycles. The van der Waals surface area contributed by atoms with Gasteiger partial charge < -0.3 is 0 Å².